The van der Waals surface area contributed by atoms with Crippen LogP contribution in [0.25, 0.3) is 0 Å². The van der Waals surface area contributed by atoms with Crippen LogP contribution >= 0.6 is 0 Å². The molecule has 0 fully saturated rings. The van der Waals surface area contributed by atoms with Crippen molar-refractivity contribution in [2.24, 2.45) is 0 Å². The van der Waals surface area contributed by atoms with Gasteiger partial charge in [-0.25, -0.2) is 0 Å². The van der Waals surface area contributed by atoms with E-state index in [4.69, 9.17) is 14.2 Å². The summed E-state index contributed by atoms with van der Waals surface area (Å²) < 4.78 is 16.7. The predicted molar refractivity (Wildman–Crippen MR) is 265 cm³/mol. The Morgan fingerprint density at radius 2 is 0.661 bits per heavy atom. The smallest absolute Gasteiger partial charge is 0.306 e. The molecule has 0 aliphatic heterocycles. The van der Waals surface area contributed by atoms with Gasteiger partial charge in [0.1, 0.15) is 13.2 Å². The summed E-state index contributed by atoms with van der Waals surface area (Å²) in [6.45, 7) is 6.41. The molecule has 0 aliphatic carbocycles. The number of esters is 3. The number of unbranched alkanes of at least 4 members (excludes halogenated alkanes) is 23. The first-order valence-corrected chi connectivity index (χ1v) is 25.9. The molecule has 0 spiro atoms. The Morgan fingerprint density at radius 1 is 0.339 bits per heavy atom. The van der Waals surface area contributed by atoms with Gasteiger partial charge in [0.2, 0.25) is 0 Å². The van der Waals surface area contributed by atoms with Crippen LogP contribution in [-0.2, 0) is 28.6 Å². The highest BCUT2D eigenvalue weighted by Gasteiger charge is 2.19. The van der Waals surface area contributed by atoms with Gasteiger partial charge in [-0.05, 0) is 103 Å². The van der Waals surface area contributed by atoms with Gasteiger partial charge in [-0.3, -0.25) is 14.4 Å². The van der Waals surface area contributed by atoms with Crippen molar-refractivity contribution in [3.8, 4) is 0 Å². The van der Waals surface area contributed by atoms with Crippen molar-refractivity contribution in [2.75, 3.05) is 13.2 Å². The molecule has 0 aromatic carbocycles. The third-order valence-corrected chi connectivity index (χ3v) is 10.9. The average Bonchev–Trinajstić information content (AvgIpc) is 3.27. The fourth-order valence-corrected chi connectivity index (χ4v) is 7.02. The van der Waals surface area contributed by atoms with Gasteiger partial charge in [-0.15, -0.1) is 0 Å². The van der Waals surface area contributed by atoms with Crippen LogP contribution in [0.5, 0.6) is 0 Å². The van der Waals surface area contributed by atoms with Crippen LogP contribution in [0.3, 0.4) is 0 Å². The van der Waals surface area contributed by atoms with Gasteiger partial charge in [-0.1, -0.05) is 196 Å². The number of carbonyl (C=O) groups is 3. The molecule has 0 aliphatic rings. The Bertz CT molecular complexity index is 1180. The quantitative estimate of drug-likeness (QED) is 0.0262. The molecule has 0 saturated carbocycles. The summed E-state index contributed by atoms with van der Waals surface area (Å²) in [4.78, 5) is 37.9. The Kier molecular flexibility index (Phi) is 47.9. The molecule has 6 nitrogen and oxygen atoms in total. The first kappa shape index (κ1) is 58.9. The molecule has 6 heteroatoms. The lowest BCUT2D eigenvalue weighted by Crippen LogP contribution is -2.30. The number of ether oxygens (including phenoxy) is 3. The molecule has 0 N–H and O–H groups in total. The van der Waals surface area contributed by atoms with Crippen LogP contribution in [0, 0.1) is 0 Å². The third kappa shape index (κ3) is 47.9. The maximum absolute atomic E-state index is 12.7. The zero-order valence-electron chi connectivity index (χ0n) is 40.6. The van der Waals surface area contributed by atoms with Gasteiger partial charge in [-0.2, -0.15) is 0 Å². The van der Waals surface area contributed by atoms with Crippen molar-refractivity contribution < 1.29 is 28.6 Å². The SMILES string of the molecule is CC/C=C\C/C=C\C/C=C\CCCCCC(=O)OC(COC(=O)CCCCCCC/C=C\CCC)COC(=O)CCCCCCCCCCC/C=C\C/C=C\CCCCCCC. The van der Waals surface area contributed by atoms with Crippen LogP contribution in [0.2, 0.25) is 0 Å². The predicted octanol–water partition coefficient (Wildman–Crippen LogP) is 17.0. The Morgan fingerprint density at radius 3 is 1.08 bits per heavy atom. The van der Waals surface area contributed by atoms with Crippen molar-refractivity contribution in [1.29, 1.82) is 0 Å². The van der Waals surface area contributed by atoms with E-state index in [1.54, 1.807) is 0 Å². The summed E-state index contributed by atoms with van der Waals surface area (Å²) >= 11 is 0. The fraction of sp³-hybridized carbons (Fsp3) is 0.732. The standard InChI is InChI=1S/C56H96O6/c1-4-7-10-13-16-19-22-24-25-26-27-28-29-30-31-33-34-37-40-43-46-49-55(58)61-52-53(51-60-54(57)48-45-42-39-36-21-18-15-12-9-6-3)62-56(59)50-47-44-41-38-35-32-23-20-17-14-11-8-5-2/h8,11-12,15,17,20,22,24,26-27,32,35,53H,4-7,9-10,13-14,16,18-19,21,23,25,28-31,33-34,36-52H2,1-3H3/b11-8-,15-12-,20-17-,24-22-,27-26-,35-32-. The fourth-order valence-electron chi connectivity index (χ4n) is 7.02. The summed E-state index contributed by atoms with van der Waals surface area (Å²) in [5.74, 6) is -0.937. The molecule has 0 aromatic heterocycles. The number of rotatable bonds is 46. The molecule has 1 unspecified atom stereocenters. The van der Waals surface area contributed by atoms with Crippen LogP contribution in [0.4, 0.5) is 0 Å². The van der Waals surface area contributed by atoms with Gasteiger partial charge in [0, 0.05) is 19.3 Å². The normalized spacial score (nSPS) is 12.6. The van der Waals surface area contributed by atoms with E-state index in [0.29, 0.717) is 19.3 Å². The molecule has 0 heterocycles. The van der Waals surface area contributed by atoms with Crippen molar-refractivity contribution in [3.63, 3.8) is 0 Å². The molecule has 356 valence electrons. The first-order chi connectivity index (χ1) is 30.5. The second kappa shape index (κ2) is 50.5. The molecular weight excluding hydrogens is 769 g/mol. The molecule has 0 aromatic rings. The summed E-state index contributed by atoms with van der Waals surface area (Å²) in [5, 5.41) is 0. The maximum Gasteiger partial charge on any atom is 0.306 e. The van der Waals surface area contributed by atoms with Gasteiger partial charge in [0.25, 0.3) is 0 Å². The highest BCUT2D eigenvalue weighted by atomic mass is 16.6. The Balaban J connectivity index is 4.33. The third-order valence-electron chi connectivity index (χ3n) is 10.9. The lowest BCUT2D eigenvalue weighted by molar-refractivity contribution is -0.167. The van der Waals surface area contributed by atoms with Crippen LogP contribution in [0.1, 0.15) is 245 Å². The maximum atomic E-state index is 12.7. The molecule has 62 heavy (non-hydrogen) atoms. The summed E-state index contributed by atoms with van der Waals surface area (Å²) in [6, 6.07) is 0. The number of hydrogen-bond donors (Lipinski definition) is 0. The molecule has 0 saturated heterocycles. The summed E-state index contributed by atoms with van der Waals surface area (Å²) in [7, 11) is 0. The topological polar surface area (TPSA) is 78.9 Å². The van der Waals surface area contributed by atoms with Crippen LogP contribution in [0.15, 0.2) is 72.9 Å². The zero-order chi connectivity index (χ0) is 45.1. The van der Waals surface area contributed by atoms with Crippen molar-refractivity contribution in [3.05, 3.63) is 72.9 Å². The summed E-state index contributed by atoms with van der Waals surface area (Å²) in [6.07, 6.45) is 63.2. The van der Waals surface area contributed by atoms with E-state index >= 15 is 0 Å². The highest BCUT2D eigenvalue weighted by Crippen LogP contribution is 2.14. The molecular formula is C56H96O6. The van der Waals surface area contributed by atoms with Gasteiger partial charge < -0.3 is 14.2 Å². The number of carbonyl (C=O) groups excluding carboxylic acids is 3. The van der Waals surface area contributed by atoms with Gasteiger partial charge in [0.15, 0.2) is 6.10 Å². The van der Waals surface area contributed by atoms with Crippen LogP contribution in [-0.4, -0.2) is 37.2 Å². The van der Waals surface area contributed by atoms with Crippen molar-refractivity contribution in [1.82, 2.24) is 0 Å². The molecule has 0 radical (unpaired) electrons. The minimum Gasteiger partial charge on any atom is -0.462 e. The minimum atomic E-state index is -0.794. The van der Waals surface area contributed by atoms with E-state index in [9.17, 15) is 14.4 Å². The molecule has 1 atom stereocenters. The Hall–Kier alpha value is -3.15. The second-order valence-electron chi connectivity index (χ2n) is 17.0. The number of hydrogen-bond acceptors (Lipinski definition) is 6. The molecule has 0 rings (SSSR count). The lowest BCUT2D eigenvalue weighted by Gasteiger charge is -2.18. The number of allylic oxidation sites excluding steroid dienone is 12. The average molecular weight is 865 g/mol. The van der Waals surface area contributed by atoms with Crippen molar-refractivity contribution >= 4 is 17.9 Å². The van der Waals surface area contributed by atoms with E-state index in [1.807, 2.05) is 0 Å². The highest BCUT2D eigenvalue weighted by molar-refractivity contribution is 5.71. The zero-order valence-corrected chi connectivity index (χ0v) is 40.6. The van der Waals surface area contributed by atoms with E-state index in [1.165, 1.54) is 96.3 Å². The minimum absolute atomic E-state index is 0.0925. The molecule has 0 amide bonds. The largest absolute Gasteiger partial charge is 0.462 e. The van der Waals surface area contributed by atoms with Crippen molar-refractivity contribution in [2.45, 2.75) is 252 Å². The van der Waals surface area contributed by atoms with E-state index in [2.05, 4.69) is 93.7 Å². The Labute approximate surface area is 382 Å². The van der Waals surface area contributed by atoms with Gasteiger partial charge in [0.05, 0.1) is 0 Å². The van der Waals surface area contributed by atoms with Gasteiger partial charge >= 0.3 is 17.9 Å². The second-order valence-corrected chi connectivity index (χ2v) is 17.0. The molecule has 0 bridgehead atoms. The van der Waals surface area contributed by atoms with Crippen LogP contribution < -0.4 is 0 Å². The van der Waals surface area contributed by atoms with E-state index < -0.39 is 6.10 Å². The first-order valence-electron chi connectivity index (χ1n) is 25.9. The lowest BCUT2D eigenvalue weighted by atomic mass is 10.1. The monoisotopic (exact) mass is 865 g/mol. The van der Waals surface area contributed by atoms with E-state index in [-0.39, 0.29) is 31.1 Å². The van der Waals surface area contributed by atoms with E-state index in [0.717, 1.165) is 109 Å². The summed E-state index contributed by atoms with van der Waals surface area (Å²) in [5.41, 5.74) is 0.